The van der Waals surface area contributed by atoms with Crippen LogP contribution in [0, 0.1) is 18.3 Å². The molecule has 1 saturated heterocycles. The summed E-state index contributed by atoms with van der Waals surface area (Å²) < 4.78 is 15.4. The first-order valence-electron chi connectivity index (χ1n) is 2.80. The highest BCUT2D eigenvalue weighted by Gasteiger charge is 2.16. The van der Waals surface area contributed by atoms with Gasteiger partial charge in [-0.1, -0.05) is 0 Å². The van der Waals surface area contributed by atoms with E-state index in [1.165, 1.54) is 0 Å². The fourth-order valence-electron chi connectivity index (χ4n) is 0.710. The van der Waals surface area contributed by atoms with Crippen molar-refractivity contribution in [3.8, 4) is 12.3 Å². The zero-order valence-corrected chi connectivity index (χ0v) is 5.82. The van der Waals surface area contributed by atoms with Crippen LogP contribution in [0.4, 0.5) is 0 Å². The molecule has 0 amide bonds. The van der Waals surface area contributed by atoms with E-state index in [0.29, 0.717) is 12.4 Å². The van der Waals surface area contributed by atoms with Gasteiger partial charge in [-0.25, -0.2) is 4.21 Å². The molecule has 0 saturated carbocycles. The average molecular weight is 144 g/mol. The van der Waals surface area contributed by atoms with E-state index in [1.54, 1.807) is 0 Å². The first-order valence-corrected chi connectivity index (χ1v) is 4.05. The summed E-state index contributed by atoms with van der Waals surface area (Å²) in [5.74, 6) is 3.24. The second-order valence-corrected chi connectivity index (χ2v) is 3.12. The molecule has 1 heterocycles. The van der Waals surface area contributed by atoms with Gasteiger partial charge in [0.15, 0.2) is 11.1 Å². The molecule has 0 aromatic carbocycles. The van der Waals surface area contributed by atoms with E-state index in [-0.39, 0.29) is 5.92 Å². The molecular formula is C6H8O2S. The minimum absolute atomic E-state index is 0.166. The van der Waals surface area contributed by atoms with E-state index < -0.39 is 11.1 Å². The van der Waals surface area contributed by atoms with Crippen molar-refractivity contribution in [1.29, 1.82) is 0 Å². The number of rotatable bonds is 0. The third-order valence-electron chi connectivity index (χ3n) is 1.25. The molecule has 0 aromatic heterocycles. The summed E-state index contributed by atoms with van der Waals surface area (Å²) in [5, 5.41) is 0. The van der Waals surface area contributed by atoms with Crippen LogP contribution in [0.15, 0.2) is 0 Å². The molecular weight excluding hydrogens is 136 g/mol. The molecule has 1 aliphatic rings. The second-order valence-electron chi connectivity index (χ2n) is 1.94. The summed E-state index contributed by atoms with van der Waals surface area (Å²) >= 11 is -1.11. The Morgan fingerprint density at radius 2 is 2.56 bits per heavy atom. The van der Waals surface area contributed by atoms with Crippen LogP contribution in [-0.4, -0.2) is 16.6 Å². The van der Waals surface area contributed by atoms with E-state index in [1.807, 2.05) is 0 Å². The lowest BCUT2D eigenvalue weighted by Crippen LogP contribution is -2.20. The van der Waals surface area contributed by atoms with Crippen molar-refractivity contribution in [2.45, 2.75) is 6.42 Å². The normalized spacial score (nSPS) is 35.4. The third-order valence-corrected chi connectivity index (χ3v) is 2.36. The Morgan fingerprint density at radius 3 is 3.00 bits per heavy atom. The summed E-state index contributed by atoms with van der Waals surface area (Å²) in [4.78, 5) is 0. The Labute approximate surface area is 57.3 Å². The van der Waals surface area contributed by atoms with Gasteiger partial charge in [-0.3, -0.25) is 4.18 Å². The first-order chi connectivity index (χ1) is 4.33. The van der Waals surface area contributed by atoms with Crippen molar-refractivity contribution in [3.63, 3.8) is 0 Å². The van der Waals surface area contributed by atoms with Crippen molar-refractivity contribution < 1.29 is 8.39 Å². The molecule has 1 aliphatic heterocycles. The van der Waals surface area contributed by atoms with Gasteiger partial charge in [-0.2, -0.15) is 0 Å². The molecule has 0 bridgehead atoms. The van der Waals surface area contributed by atoms with Crippen LogP contribution in [0.3, 0.4) is 0 Å². The molecule has 50 valence electrons. The minimum atomic E-state index is -1.11. The monoisotopic (exact) mass is 144 g/mol. The van der Waals surface area contributed by atoms with Crippen LogP contribution < -0.4 is 0 Å². The van der Waals surface area contributed by atoms with Gasteiger partial charge in [0, 0.05) is 5.92 Å². The molecule has 0 spiro atoms. The molecule has 9 heavy (non-hydrogen) atoms. The molecule has 1 fully saturated rings. The molecule has 3 heteroatoms. The van der Waals surface area contributed by atoms with Gasteiger partial charge in [0.25, 0.3) is 0 Å². The van der Waals surface area contributed by atoms with Gasteiger partial charge < -0.3 is 0 Å². The van der Waals surface area contributed by atoms with Crippen LogP contribution in [0.2, 0.25) is 0 Å². The molecule has 0 aliphatic carbocycles. The fraction of sp³-hybridized carbons (Fsp3) is 0.667. The van der Waals surface area contributed by atoms with E-state index in [2.05, 4.69) is 5.92 Å². The number of hydrogen-bond acceptors (Lipinski definition) is 2. The van der Waals surface area contributed by atoms with Crippen molar-refractivity contribution >= 4 is 11.1 Å². The SMILES string of the molecule is C#CC1CCOS(=O)C1. The largest absolute Gasteiger partial charge is 0.290 e. The summed E-state index contributed by atoms with van der Waals surface area (Å²) in [5.41, 5.74) is 0. The van der Waals surface area contributed by atoms with E-state index in [9.17, 15) is 4.21 Å². The molecule has 0 aromatic rings. The van der Waals surface area contributed by atoms with Gasteiger partial charge in [0.1, 0.15) is 0 Å². The Bertz CT molecular complexity index is 159. The van der Waals surface area contributed by atoms with Crippen molar-refractivity contribution in [2.24, 2.45) is 5.92 Å². The van der Waals surface area contributed by atoms with Crippen molar-refractivity contribution in [3.05, 3.63) is 0 Å². The van der Waals surface area contributed by atoms with Gasteiger partial charge in [-0.15, -0.1) is 12.3 Å². The van der Waals surface area contributed by atoms with Gasteiger partial charge in [0.05, 0.1) is 12.4 Å². The maximum Gasteiger partial charge on any atom is 0.156 e. The first kappa shape index (κ1) is 6.79. The zero-order chi connectivity index (χ0) is 6.69. The highest BCUT2D eigenvalue weighted by molar-refractivity contribution is 7.80. The van der Waals surface area contributed by atoms with Crippen LogP contribution in [0.5, 0.6) is 0 Å². The highest BCUT2D eigenvalue weighted by atomic mass is 32.2. The third kappa shape index (κ3) is 1.81. The maximum absolute atomic E-state index is 10.6. The second kappa shape index (κ2) is 3.00. The standard InChI is InChI=1S/C6H8O2S/c1-2-6-3-4-8-9(7)5-6/h1,6H,3-5H2. The lowest BCUT2D eigenvalue weighted by Gasteiger charge is -2.14. The molecule has 0 radical (unpaired) electrons. The molecule has 0 N–H and O–H groups in total. The van der Waals surface area contributed by atoms with Crippen LogP contribution in [0.1, 0.15) is 6.42 Å². The van der Waals surface area contributed by atoms with E-state index in [4.69, 9.17) is 10.6 Å². The van der Waals surface area contributed by atoms with Gasteiger partial charge >= 0.3 is 0 Å². The van der Waals surface area contributed by atoms with Gasteiger partial charge in [0.2, 0.25) is 0 Å². The molecule has 1 rings (SSSR count). The lowest BCUT2D eigenvalue weighted by molar-refractivity contribution is 0.302. The predicted octanol–water partition coefficient (Wildman–Crippen LogP) is 0.320. The Kier molecular flexibility index (Phi) is 2.26. The average Bonchev–Trinajstić information content (AvgIpc) is 1.88. The maximum atomic E-state index is 10.6. The predicted molar refractivity (Wildman–Crippen MR) is 35.9 cm³/mol. The van der Waals surface area contributed by atoms with E-state index >= 15 is 0 Å². The summed E-state index contributed by atoms with van der Waals surface area (Å²) in [7, 11) is 0. The lowest BCUT2D eigenvalue weighted by atomic mass is 10.1. The summed E-state index contributed by atoms with van der Waals surface area (Å²) in [6.07, 6.45) is 5.97. The molecule has 2 atom stereocenters. The Hall–Kier alpha value is -0.330. The summed E-state index contributed by atoms with van der Waals surface area (Å²) in [6.45, 7) is 0.543. The molecule has 2 nitrogen and oxygen atoms in total. The quantitative estimate of drug-likeness (QED) is 0.458. The summed E-state index contributed by atoms with van der Waals surface area (Å²) in [6, 6.07) is 0. The van der Waals surface area contributed by atoms with Crippen LogP contribution >= 0.6 is 0 Å². The minimum Gasteiger partial charge on any atom is -0.290 e. The smallest absolute Gasteiger partial charge is 0.156 e. The van der Waals surface area contributed by atoms with Crippen molar-refractivity contribution in [2.75, 3.05) is 12.4 Å². The van der Waals surface area contributed by atoms with Gasteiger partial charge in [-0.05, 0) is 6.42 Å². The van der Waals surface area contributed by atoms with Crippen LogP contribution in [0.25, 0.3) is 0 Å². The topological polar surface area (TPSA) is 26.3 Å². The number of terminal acetylenes is 1. The molecule has 2 unspecified atom stereocenters. The van der Waals surface area contributed by atoms with Crippen molar-refractivity contribution in [1.82, 2.24) is 0 Å². The zero-order valence-electron chi connectivity index (χ0n) is 5.00. The van der Waals surface area contributed by atoms with Crippen LogP contribution in [-0.2, 0) is 15.3 Å². The fourth-order valence-corrected chi connectivity index (χ4v) is 1.68. The van der Waals surface area contributed by atoms with E-state index in [0.717, 1.165) is 6.42 Å². The number of hydrogen-bond donors (Lipinski definition) is 0. The Balaban J connectivity index is 2.43. The Morgan fingerprint density at radius 1 is 1.78 bits per heavy atom. The highest BCUT2D eigenvalue weighted by Crippen LogP contribution is 2.10.